The Hall–Kier alpha value is -2.94. The molecular formula is C20H23N7OS. The summed E-state index contributed by atoms with van der Waals surface area (Å²) >= 11 is 1.45. The minimum Gasteiger partial charge on any atom is -0.347 e. The highest BCUT2D eigenvalue weighted by Crippen LogP contribution is 2.31. The molecule has 1 saturated carbocycles. The largest absolute Gasteiger partial charge is 0.347 e. The highest BCUT2D eigenvalue weighted by atomic mass is 32.2. The molecule has 1 aliphatic carbocycles. The van der Waals surface area contributed by atoms with Gasteiger partial charge in [0, 0.05) is 43.1 Å². The number of aryl methyl sites for hydroxylation is 1. The van der Waals surface area contributed by atoms with Crippen molar-refractivity contribution in [2.45, 2.75) is 36.2 Å². The Bertz CT molecular complexity index is 1010. The number of nitrogens with one attached hydrogen (secondary N) is 2. The van der Waals surface area contributed by atoms with Crippen LogP contribution >= 0.6 is 11.8 Å². The van der Waals surface area contributed by atoms with Crippen molar-refractivity contribution in [1.29, 1.82) is 0 Å². The summed E-state index contributed by atoms with van der Waals surface area (Å²) in [5.74, 6) is 2.29. The topological polar surface area (TPSA) is 99.7 Å². The van der Waals surface area contributed by atoms with E-state index in [1.807, 2.05) is 56.3 Å². The van der Waals surface area contributed by atoms with E-state index in [2.05, 4.69) is 30.5 Å². The molecule has 2 heterocycles. The van der Waals surface area contributed by atoms with Gasteiger partial charge in [-0.3, -0.25) is 9.89 Å². The molecule has 0 aliphatic heterocycles. The monoisotopic (exact) mass is 409 g/mol. The van der Waals surface area contributed by atoms with E-state index < -0.39 is 0 Å². The maximum Gasteiger partial charge on any atom is 0.234 e. The van der Waals surface area contributed by atoms with Crippen LogP contribution in [-0.4, -0.2) is 45.0 Å². The zero-order valence-corrected chi connectivity index (χ0v) is 17.5. The number of carbonyl (C=O) groups excluding carboxylic acids is 1. The van der Waals surface area contributed by atoms with E-state index in [9.17, 15) is 4.79 Å². The molecule has 0 amide bonds. The molecule has 2 aromatic heterocycles. The molecule has 1 aliphatic rings. The Morgan fingerprint density at radius 1 is 1.21 bits per heavy atom. The fourth-order valence-electron chi connectivity index (χ4n) is 2.78. The van der Waals surface area contributed by atoms with Crippen molar-refractivity contribution >= 4 is 35.3 Å². The van der Waals surface area contributed by atoms with Gasteiger partial charge in [0.05, 0.1) is 0 Å². The van der Waals surface area contributed by atoms with Gasteiger partial charge in [0.1, 0.15) is 5.78 Å². The number of hydrogen-bond acceptors (Lipinski definition) is 8. The Labute approximate surface area is 173 Å². The third-order valence-corrected chi connectivity index (χ3v) is 5.37. The average molecular weight is 410 g/mol. The summed E-state index contributed by atoms with van der Waals surface area (Å²) in [7, 11) is 3.77. The van der Waals surface area contributed by atoms with Crippen molar-refractivity contribution < 1.29 is 4.79 Å². The van der Waals surface area contributed by atoms with Gasteiger partial charge in [-0.1, -0.05) is 12.1 Å². The first kappa shape index (κ1) is 19.4. The first-order chi connectivity index (χ1) is 14.0. The Balaban J connectivity index is 1.50. The minimum atomic E-state index is 0.294. The summed E-state index contributed by atoms with van der Waals surface area (Å²) in [4.78, 5) is 28.3. The summed E-state index contributed by atoms with van der Waals surface area (Å²) in [6.07, 6.45) is 2.62. The summed E-state index contributed by atoms with van der Waals surface area (Å²) in [5.41, 5.74) is 2.00. The maximum absolute atomic E-state index is 12.0. The van der Waals surface area contributed by atoms with E-state index in [4.69, 9.17) is 0 Å². The van der Waals surface area contributed by atoms with E-state index in [1.54, 1.807) is 0 Å². The van der Waals surface area contributed by atoms with Gasteiger partial charge >= 0.3 is 0 Å². The van der Waals surface area contributed by atoms with Gasteiger partial charge in [-0.25, -0.2) is 0 Å². The lowest BCUT2D eigenvalue weighted by atomic mass is 10.1. The summed E-state index contributed by atoms with van der Waals surface area (Å²) < 4.78 is 0. The van der Waals surface area contributed by atoms with Crippen LogP contribution in [0, 0.1) is 12.8 Å². The number of benzene rings is 1. The van der Waals surface area contributed by atoms with E-state index >= 15 is 0 Å². The molecule has 0 unspecified atom stereocenters. The van der Waals surface area contributed by atoms with Gasteiger partial charge < -0.3 is 10.2 Å². The van der Waals surface area contributed by atoms with Crippen LogP contribution in [0.3, 0.4) is 0 Å². The molecule has 0 bridgehead atoms. The van der Waals surface area contributed by atoms with Crippen LogP contribution in [0.25, 0.3) is 0 Å². The number of nitrogens with zero attached hydrogens (tertiary/aromatic N) is 5. The zero-order chi connectivity index (χ0) is 20.4. The lowest BCUT2D eigenvalue weighted by Gasteiger charge is -2.12. The smallest absolute Gasteiger partial charge is 0.234 e. The van der Waals surface area contributed by atoms with Gasteiger partial charge in [-0.15, -0.1) is 0 Å². The summed E-state index contributed by atoms with van der Waals surface area (Å²) in [5, 5.41) is 10.7. The minimum absolute atomic E-state index is 0.294. The van der Waals surface area contributed by atoms with Crippen LogP contribution < -0.4 is 10.2 Å². The average Bonchev–Trinajstić information content (AvgIpc) is 3.46. The molecule has 4 rings (SSSR count). The third-order valence-electron chi connectivity index (χ3n) is 4.49. The van der Waals surface area contributed by atoms with Crippen molar-refractivity contribution in [3.8, 4) is 0 Å². The van der Waals surface area contributed by atoms with Gasteiger partial charge in [-0.05, 0) is 49.2 Å². The second-order valence-electron chi connectivity index (χ2n) is 7.36. The highest BCUT2D eigenvalue weighted by molar-refractivity contribution is 7.99. The van der Waals surface area contributed by atoms with Gasteiger partial charge in [0.25, 0.3) is 0 Å². The fourth-order valence-corrected chi connectivity index (χ4v) is 3.52. The van der Waals surface area contributed by atoms with Crippen molar-refractivity contribution in [2.24, 2.45) is 5.92 Å². The highest BCUT2D eigenvalue weighted by Gasteiger charge is 2.29. The van der Waals surface area contributed by atoms with Gasteiger partial charge in [-0.2, -0.15) is 20.1 Å². The quantitative estimate of drug-likeness (QED) is 0.584. The molecule has 3 aromatic rings. The Morgan fingerprint density at radius 2 is 1.97 bits per heavy atom. The molecule has 1 aromatic carbocycles. The van der Waals surface area contributed by atoms with Crippen LogP contribution in [-0.2, 0) is 11.2 Å². The van der Waals surface area contributed by atoms with E-state index in [0.29, 0.717) is 41.0 Å². The van der Waals surface area contributed by atoms with Crippen LogP contribution in [0.2, 0.25) is 0 Å². The molecular weight excluding hydrogens is 386 g/mol. The van der Waals surface area contributed by atoms with Crippen LogP contribution in [0.15, 0.2) is 40.4 Å². The number of aromatic nitrogens is 5. The van der Waals surface area contributed by atoms with E-state index in [1.165, 1.54) is 11.8 Å². The molecule has 0 radical (unpaired) electrons. The number of aromatic amines is 1. The first-order valence-corrected chi connectivity index (χ1v) is 10.3. The molecule has 150 valence electrons. The summed E-state index contributed by atoms with van der Waals surface area (Å²) in [6, 6.07) is 9.89. The normalized spacial score (nSPS) is 13.3. The molecule has 0 atom stereocenters. The maximum atomic E-state index is 12.0. The predicted molar refractivity (Wildman–Crippen MR) is 113 cm³/mol. The van der Waals surface area contributed by atoms with Gasteiger partial charge in [0.2, 0.25) is 11.9 Å². The molecule has 0 saturated heterocycles. The van der Waals surface area contributed by atoms with Crippen LogP contribution in [0.5, 0.6) is 0 Å². The molecule has 2 N–H and O–H groups in total. The number of Topliss-reactive ketones (excluding diaryl/α,β-unsaturated/α-hetero) is 1. The molecule has 9 heteroatoms. The predicted octanol–water partition coefficient (Wildman–Crippen LogP) is 3.39. The SMILES string of the molecule is Cc1cc(Nc2nc(Sc3ccc(CC(=O)C4CC4)cc3)nc(N(C)C)n2)n[nH]1. The lowest BCUT2D eigenvalue weighted by molar-refractivity contribution is -0.119. The van der Waals surface area contributed by atoms with E-state index in [-0.39, 0.29) is 0 Å². The molecule has 0 spiro atoms. The number of ketones is 1. The first-order valence-electron chi connectivity index (χ1n) is 9.48. The van der Waals surface area contributed by atoms with Crippen LogP contribution in [0.4, 0.5) is 17.7 Å². The van der Waals surface area contributed by atoms with E-state index in [0.717, 1.165) is 29.0 Å². The zero-order valence-electron chi connectivity index (χ0n) is 16.6. The standard InChI is InChI=1S/C20H23N7OS/c1-12-10-17(26-25-12)21-18-22-19(27(2)3)24-20(23-18)29-15-8-4-13(5-9-15)11-16(28)14-6-7-14/h4-5,8-10,14H,6-7,11H2,1-3H3,(H2,21,22,23,24,25,26). The lowest BCUT2D eigenvalue weighted by Crippen LogP contribution is -2.15. The molecule has 1 fully saturated rings. The van der Waals surface area contributed by atoms with Gasteiger partial charge in [0.15, 0.2) is 11.0 Å². The van der Waals surface area contributed by atoms with Crippen molar-refractivity contribution in [3.63, 3.8) is 0 Å². The number of carbonyl (C=O) groups is 1. The fraction of sp³-hybridized carbons (Fsp3) is 0.350. The third kappa shape index (κ3) is 5.11. The molecule has 29 heavy (non-hydrogen) atoms. The summed E-state index contributed by atoms with van der Waals surface area (Å²) in [6.45, 7) is 1.93. The number of H-pyrrole nitrogens is 1. The number of hydrogen-bond donors (Lipinski definition) is 2. The second kappa shape index (κ2) is 8.20. The second-order valence-corrected chi connectivity index (χ2v) is 8.40. The number of rotatable bonds is 8. The van der Waals surface area contributed by atoms with Crippen molar-refractivity contribution in [3.05, 3.63) is 41.6 Å². The molecule has 8 nitrogen and oxygen atoms in total. The Kier molecular flexibility index (Phi) is 5.48. The van der Waals surface area contributed by atoms with Crippen molar-refractivity contribution in [1.82, 2.24) is 25.1 Å². The van der Waals surface area contributed by atoms with Crippen LogP contribution in [0.1, 0.15) is 24.1 Å². The Morgan fingerprint density at radius 3 is 2.59 bits per heavy atom. The van der Waals surface area contributed by atoms with Crippen molar-refractivity contribution in [2.75, 3.05) is 24.3 Å². The number of anilines is 3.